The Kier molecular flexibility index (Phi) is 7.81. The van der Waals surface area contributed by atoms with Gasteiger partial charge >= 0.3 is 0 Å². The number of nitrogens with two attached hydrogens (primary N) is 1. The average molecular weight is 287 g/mol. The Morgan fingerprint density at radius 1 is 1.00 bits per heavy atom. The van der Waals surface area contributed by atoms with E-state index < -0.39 is 0 Å². The molecule has 0 heterocycles. The van der Waals surface area contributed by atoms with Crippen LogP contribution in [0.4, 0.5) is 5.69 Å². The molecule has 0 amide bonds. The van der Waals surface area contributed by atoms with Crippen LogP contribution in [0.25, 0.3) is 0 Å². The molecule has 1 rings (SSSR count). The first-order chi connectivity index (χ1) is 10.1. The van der Waals surface area contributed by atoms with Crippen molar-refractivity contribution < 1.29 is 4.79 Å². The van der Waals surface area contributed by atoms with Crippen molar-refractivity contribution in [1.82, 2.24) is 0 Å². The van der Waals surface area contributed by atoms with Gasteiger partial charge in [0.25, 0.3) is 0 Å². The maximum Gasteiger partial charge on any atom is 0.190 e. The van der Waals surface area contributed by atoms with Gasteiger partial charge in [-0.2, -0.15) is 0 Å². The highest BCUT2D eigenvalue weighted by molar-refractivity contribution is 6.11. The summed E-state index contributed by atoms with van der Waals surface area (Å²) < 4.78 is 0. The lowest BCUT2D eigenvalue weighted by Gasteiger charge is -2.09. The third kappa shape index (κ3) is 5.74. The lowest BCUT2D eigenvalue weighted by atomic mass is 9.96. The highest BCUT2D eigenvalue weighted by Gasteiger charge is 2.13. The molecule has 0 radical (unpaired) electrons. The number of Topliss-reactive ketones (excluding diaryl/α,β-unsaturated/α-hetero) is 1. The summed E-state index contributed by atoms with van der Waals surface area (Å²) in [5, 5.41) is 0. The van der Waals surface area contributed by atoms with E-state index in [0.29, 0.717) is 11.3 Å². The Morgan fingerprint density at radius 3 is 2.29 bits per heavy atom. The predicted octanol–water partition coefficient (Wildman–Crippen LogP) is 5.54. The lowest BCUT2D eigenvalue weighted by molar-refractivity contribution is 0.103. The molecule has 0 aliphatic rings. The van der Waals surface area contributed by atoms with Gasteiger partial charge in [0.05, 0.1) is 0 Å². The van der Waals surface area contributed by atoms with E-state index in [0.717, 1.165) is 12.0 Å². The topological polar surface area (TPSA) is 43.1 Å². The summed E-state index contributed by atoms with van der Waals surface area (Å²) >= 11 is 0. The number of benzene rings is 1. The lowest BCUT2D eigenvalue weighted by Crippen LogP contribution is -2.06. The largest absolute Gasteiger partial charge is 0.398 e. The fourth-order valence-corrected chi connectivity index (χ4v) is 2.46. The zero-order valence-electron chi connectivity index (χ0n) is 13.7. The van der Waals surface area contributed by atoms with Crippen molar-refractivity contribution in [2.45, 2.75) is 65.7 Å². The second kappa shape index (κ2) is 9.38. The van der Waals surface area contributed by atoms with E-state index in [1.807, 2.05) is 19.1 Å². The van der Waals surface area contributed by atoms with Crippen LogP contribution < -0.4 is 5.73 Å². The number of unbranched alkanes of at least 4 members (excludes halogenated alkanes) is 5. The molecule has 1 aromatic rings. The Balaban J connectivity index is 2.53. The van der Waals surface area contributed by atoms with Crippen molar-refractivity contribution in [3.63, 3.8) is 0 Å². The number of rotatable bonds is 9. The molecule has 0 saturated heterocycles. The Morgan fingerprint density at radius 2 is 1.62 bits per heavy atom. The van der Waals surface area contributed by atoms with E-state index in [9.17, 15) is 4.79 Å². The van der Waals surface area contributed by atoms with Gasteiger partial charge in [-0.05, 0) is 44.4 Å². The van der Waals surface area contributed by atoms with Gasteiger partial charge in [0.15, 0.2) is 5.78 Å². The third-order valence-electron chi connectivity index (χ3n) is 4.09. The van der Waals surface area contributed by atoms with E-state index in [1.54, 1.807) is 12.1 Å². The van der Waals surface area contributed by atoms with E-state index in [-0.39, 0.29) is 5.78 Å². The molecule has 0 aromatic heterocycles. The van der Waals surface area contributed by atoms with E-state index in [1.165, 1.54) is 44.1 Å². The van der Waals surface area contributed by atoms with Crippen LogP contribution >= 0.6 is 0 Å². The van der Waals surface area contributed by atoms with Crippen molar-refractivity contribution in [3.8, 4) is 0 Å². The number of nitrogen functional groups attached to an aromatic ring is 1. The molecule has 2 N–H and O–H groups in total. The van der Waals surface area contributed by atoms with Crippen LogP contribution in [0.15, 0.2) is 35.4 Å². The van der Waals surface area contributed by atoms with Crippen molar-refractivity contribution >= 4 is 11.5 Å². The summed E-state index contributed by atoms with van der Waals surface area (Å²) in [6, 6.07) is 7.30. The number of allylic oxidation sites excluding steroid dienone is 2. The second-order valence-electron chi connectivity index (χ2n) is 5.84. The van der Waals surface area contributed by atoms with Crippen LogP contribution in [0.5, 0.6) is 0 Å². The molecule has 1 aromatic carbocycles. The molecule has 0 aliphatic heterocycles. The van der Waals surface area contributed by atoms with Crippen molar-refractivity contribution in [3.05, 3.63) is 41.0 Å². The minimum absolute atomic E-state index is 0.0663. The predicted molar refractivity (Wildman–Crippen MR) is 91.6 cm³/mol. The summed E-state index contributed by atoms with van der Waals surface area (Å²) in [5.74, 6) is 0.0663. The number of carbonyl (C=O) groups excluding carboxylic acids is 1. The van der Waals surface area contributed by atoms with E-state index in [4.69, 9.17) is 5.73 Å². The van der Waals surface area contributed by atoms with Gasteiger partial charge < -0.3 is 5.73 Å². The molecule has 2 nitrogen and oxygen atoms in total. The normalized spacial score (nSPS) is 12.1. The minimum atomic E-state index is 0.0663. The second-order valence-corrected chi connectivity index (χ2v) is 5.84. The number of hydrogen-bond acceptors (Lipinski definition) is 2. The fraction of sp³-hybridized carbons (Fsp3) is 0.526. The van der Waals surface area contributed by atoms with Crippen molar-refractivity contribution in [2.24, 2.45) is 0 Å². The molecule has 0 saturated carbocycles. The summed E-state index contributed by atoms with van der Waals surface area (Å²) in [6.45, 7) is 6.22. The number of hydrogen-bond donors (Lipinski definition) is 1. The van der Waals surface area contributed by atoms with Crippen LogP contribution in [0, 0.1) is 0 Å². The monoisotopic (exact) mass is 287 g/mol. The van der Waals surface area contributed by atoms with Crippen LogP contribution in [-0.2, 0) is 0 Å². The standard InChI is InChI=1S/C19H29NO/c1-4-5-6-7-8-9-12-15(2)16(3)19(21)17-13-10-11-14-18(17)20/h10-11,13-14H,4-9,12,20H2,1-3H3/b16-15+. The van der Waals surface area contributed by atoms with Crippen molar-refractivity contribution in [1.29, 1.82) is 0 Å². The van der Waals surface area contributed by atoms with Crippen LogP contribution in [0.2, 0.25) is 0 Å². The zero-order chi connectivity index (χ0) is 15.7. The van der Waals surface area contributed by atoms with Crippen molar-refractivity contribution in [2.75, 3.05) is 5.73 Å². The van der Waals surface area contributed by atoms with Crippen LogP contribution in [0.3, 0.4) is 0 Å². The molecule has 0 spiro atoms. The van der Waals surface area contributed by atoms with E-state index >= 15 is 0 Å². The number of carbonyl (C=O) groups is 1. The van der Waals surface area contributed by atoms with Crippen LogP contribution in [-0.4, -0.2) is 5.78 Å². The molecule has 21 heavy (non-hydrogen) atoms. The van der Waals surface area contributed by atoms with Gasteiger partial charge in [0.1, 0.15) is 0 Å². The molecular formula is C19H29NO. The summed E-state index contributed by atoms with van der Waals surface area (Å²) in [7, 11) is 0. The number of ketones is 1. The van der Waals surface area contributed by atoms with Gasteiger partial charge in [-0.3, -0.25) is 4.79 Å². The molecule has 0 atom stereocenters. The average Bonchev–Trinajstić information content (AvgIpc) is 2.49. The smallest absolute Gasteiger partial charge is 0.190 e. The van der Waals surface area contributed by atoms with Gasteiger partial charge in [-0.15, -0.1) is 0 Å². The Bertz CT molecular complexity index is 488. The Labute approximate surface area is 129 Å². The summed E-state index contributed by atoms with van der Waals surface area (Å²) in [6.07, 6.45) is 8.69. The first-order valence-corrected chi connectivity index (χ1v) is 8.13. The highest BCUT2D eigenvalue weighted by atomic mass is 16.1. The van der Waals surface area contributed by atoms with Gasteiger partial charge in [0.2, 0.25) is 0 Å². The quantitative estimate of drug-likeness (QED) is 0.280. The molecule has 2 heteroatoms. The highest BCUT2D eigenvalue weighted by Crippen LogP contribution is 2.20. The first-order valence-electron chi connectivity index (χ1n) is 8.13. The number of para-hydroxylation sites is 1. The molecular weight excluding hydrogens is 258 g/mol. The summed E-state index contributed by atoms with van der Waals surface area (Å²) in [5.41, 5.74) is 9.11. The molecule has 0 fully saturated rings. The zero-order valence-corrected chi connectivity index (χ0v) is 13.7. The van der Waals surface area contributed by atoms with Gasteiger partial charge in [0, 0.05) is 11.3 Å². The summed E-state index contributed by atoms with van der Waals surface area (Å²) in [4.78, 5) is 12.4. The minimum Gasteiger partial charge on any atom is -0.398 e. The molecule has 0 unspecified atom stereocenters. The molecule has 116 valence electrons. The molecule has 0 bridgehead atoms. The maximum atomic E-state index is 12.4. The van der Waals surface area contributed by atoms with Gasteiger partial charge in [-0.25, -0.2) is 0 Å². The van der Waals surface area contributed by atoms with E-state index in [2.05, 4.69) is 13.8 Å². The number of anilines is 1. The maximum absolute atomic E-state index is 12.4. The first kappa shape index (κ1) is 17.5. The van der Waals surface area contributed by atoms with Gasteiger partial charge in [-0.1, -0.05) is 56.7 Å². The third-order valence-corrected chi connectivity index (χ3v) is 4.09. The molecule has 0 aliphatic carbocycles. The van der Waals surface area contributed by atoms with Crippen LogP contribution in [0.1, 0.15) is 76.1 Å². The fourth-order valence-electron chi connectivity index (χ4n) is 2.46. The Hall–Kier alpha value is -1.57. The SMILES string of the molecule is CCCCCCCC/C(C)=C(\C)C(=O)c1ccccc1N.